The van der Waals surface area contributed by atoms with Gasteiger partial charge in [0.05, 0.1) is 17.6 Å². The molecule has 2 rings (SSSR count). The van der Waals surface area contributed by atoms with Gasteiger partial charge in [-0.05, 0) is 18.2 Å². The van der Waals surface area contributed by atoms with Gasteiger partial charge >= 0.3 is 0 Å². The number of aromatic nitrogens is 3. The van der Waals surface area contributed by atoms with Gasteiger partial charge in [-0.3, -0.25) is 4.72 Å². The third kappa shape index (κ3) is 3.21. The Morgan fingerprint density at radius 2 is 2.22 bits per heavy atom. The zero-order chi connectivity index (χ0) is 13.0. The number of nitrogens with one attached hydrogen (secondary N) is 1. The molecule has 0 saturated carbocycles. The van der Waals surface area contributed by atoms with Crippen LogP contribution < -0.4 is 4.72 Å². The summed E-state index contributed by atoms with van der Waals surface area (Å²) in [6.07, 6.45) is 4.82. The van der Waals surface area contributed by atoms with E-state index in [1.54, 1.807) is 35.3 Å². The molecule has 0 aliphatic rings. The summed E-state index contributed by atoms with van der Waals surface area (Å²) in [6, 6.07) is 5.07. The number of rotatable bonds is 5. The predicted molar refractivity (Wildman–Crippen MR) is 69.5 cm³/mol. The van der Waals surface area contributed by atoms with Gasteiger partial charge in [-0.15, -0.1) is 11.6 Å². The SMILES string of the molecule is O=S(=O)(CCCl)Nc1ccc(-n2cccn2)nc1. The number of anilines is 1. The van der Waals surface area contributed by atoms with Crippen molar-refractivity contribution in [1.82, 2.24) is 14.8 Å². The van der Waals surface area contributed by atoms with Gasteiger partial charge in [0, 0.05) is 18.3 Å². The fourth-order valence-electron chi connectivity index (χ4n) is 1.32. The van der Waals surface area contributed by atoms with E-state index in [4.69, 9.17) is 11.6 Å². The molecule has 0 radical (unpaired) electrons. The Morgan fingerprint density at radius 3 is 2.78 bits per heavy atom. The second kappa shape index (κ2) is 5.36. The molecule has 6 nitrogen and oxygen atoms in total. The quantitative estimate of drug-likeness (QED) is 0.839. The molecule has 0 amide bonds. The summed E-state index contributed by atoms with van der Waals surface area (Å²) < 4.78 is 26.9. The van der Waals surface area contributed by atoms with Crippen LogP contribution in [0.5, 0.6) is 0 Å². The minimum Gasteiger partial charge on any atom is -0.282 e. The van der Waals surface area contributed by atoms with E-state index < -0.39 is 10.0 Å². The van der Waals surface area contributed by atoms with Gasteiger partial charge in [0.25, 0.3) is 0 Å². The first-order chi connectivity index (χ1) is 8.61. The molecule has 0 atom stereocenters. The van der Waals surface area contributed by atoms with E-state index >= 15 is 0 Å². The van der Waals surface area contributed by atoms with Crippen LogP contribution in [0, 0.1) is 0 Å². The van der Waals surface area contributed by atoms with Crippen LogP contribution in [0.25, 0.3) is 5.82 Å². The van der Waals surface area contributed by atoms with Crippen LogP contribution in [0.1, 0.15) is 0 Å². The largest absolute Gasteiger partial charge is 0.282 e. The Balaban J connectivity index is 2.14. The van der Waals surface area contributed by atoms with Crippen molar-refractivity contribution in [3.8, 4) is 5.82 Å². The van der Waals surface area contributed by atoms with Crippen molar-refractivity contribution in [2.75, 3.05) is 16.4 Å². The van der Waals surface area contributed by atoms with Gasteiger partial charge in [-0.2, -0.15) is 5.10 Å². The van der Waals surface area contributed by atoms with E-state index in [1.807, 2.05) is 0 Å². The van der Waals surface area contributed by atoms with E-state index in [1.165, 1.54) is 6.20 Å². The molecule has 0 aliphatic heterocycles. The van der Waals surface area contributed by atoms with Gasteiger partial charge in [-0.25, -0.2) is 18.1 Å². The number of sulfonamides is 1. The zero-order valence-electron chi connectivity index (χ0n) is 9.32. The number of nitrogens with zero attached hydrogens (tertiary/aromatic N) is 3. The Bertz CT molecular complexity index is 595. The topological polar surface area (TPSA) is 76.9 Å². The van der Waals surface area contributed by atoms with Crippen LogP contribution in [0.15, 0.2) is 36.8 Å². The lowest BCUT2D eigenvalue weighted by molar-refractivity contribution is 0.602. The van der Waals surface area contributed by atoms with Crippen LogP contribution in [0.4, 0.5) is 5.69 Å². The fourth-order valence-corrected chi connectivity index (χ4v) is 2.71. The Kier molecular flexibility index (Phi) is 3.83. The number of hydrogen-bond acceptors (Lipinski definition) is 4. The number of halogens is 1. The summed E-state index contributed by atoms with van der Waals surface area (Å²) in [6.45, 7) is 0. The van der Waals surface area contributed by atoms with Gasteiger partial charge in [0.2, 0.25) is 10.0 Å². The molecule has 0 aromatic carbocycles. The van der Waals surface area contributed by atoms with Gasteiger partial charge in [-0.1, -0.05) is 0 Å². The molecular formula is C10H11ClN4O2S. The van der Waals surface area contributed by atoms with E-state index in [2.05, 4.69) is 14.8 Å². The van der Waals surface area contributed by atoms with Crippen LogP contribution >= 0.6 is 11.6 Å². The van der Waals surface area contributed by atoms with E-state index in [0.717, 1.165) is 0 Å². The van der Waals surface area contributed by atoms with Crippen molar-refractivity contribution in [1.29, 1.82) is 0 Å². The van der Waals surface area contributed by atoms with Crippen LogP contribution in [0.3, 0.4) is 0 Å². The number of hydrogen-bond donors (Lipinski definition) is 1. The summed E-state index contributed by atoms with van der Waals surface area (Å²) >= 11 is 5.40. The third-order valence-corrected chi connectivity index (χ3v) is 3.81. The maximum Gasteiger partial charge on any atom is 0.233 e. The smallest absolute Gasteiger partial charge is 0.233 e. The number of alkyl halides is 1. The van der Waals surface area contributed by atoms with Crippen molar-refractivity contribution in [3.05, 3.63) is 36.8 Å². The summed E-state index contributed by atoms with van der Waals surface area (Å²) in [4.78, 5) is 4.11. The maximum atomic E-state index is 11.5. The molecule has 0 spiro atoms. The van der Waals surface area contributed by atoms with Crippen molar-refractivity contribution in [2.24, 2.45) is 0 Å². The minimum atomic E-state index is -3.40. The highest BCUT2D eigenvalue weighted by atomic mass is 35.5. The average molecular weight is 287 g/mol. The fraction of sp³-hybridized carbons (Fsp3) is 0.200. The first-order valence-electron chi connectivity index (χ1n) is 5.13. The van der Waals surface area contributed by atoms with Crippen LogP contribution in [0.2, 0.25) is 0 Å². The highest BCUT2D eigenvalue weighted by Gasteiger charge is 2.09. The third-order valence-electron chi connectivity index (χ3n) is 2.11. The molecule has 0 fully saturated rings. The summed E-state index contributed by atoms with van der Waals surface area (Å²) in [5, 5.41) is 4.02. The highest BCUT2D eigenvalue weighted by Crippen LogP contribution is 2.10. The van der Waals surface area contributed by atoms with Gasteiger partial charge in [0.15, 0.2) is 5.82 Å². The summed E-state index contributed by atoms with van der Waals surface area (Å²) in [7, 11) is -3.40. The van der Waals surface area contributed by atoms with Crippen molar-refractivity contribution in [3.63, 3.8) is 0 Å². The van der Waals surface area contributed by atoms with E-state index in [9.17, 15) is 8.42 Å². The van der Waals surface area contributed by atoms with Crippen LogP contribution in [-0.4, -0.2) is 34.8 Å². The minimum absolute atomic E-state index is 0.0497. The molecule has 1 N–H and O–H groups in total. The molecule has 8 heteroatoms. The average Bonchev–Trinajstić information content (AvgIpc) is 2.82. The Hall–Kier alpha value is -1.60. The number of pyridine rings is 1. The summed E-state index contributed by atoms with van der Waals surface area (Å²) in [5.74, 6) is 0.532. The highest BCUT2D eigenvalue weighted by molar-refractivity contribution is 7.92. The monoisotopic (exact) mass is 286 g/mol. The maximum absolute atomic E-state index is 11.5. The molecule has 18 heavy (non-hydrogen) atoms. The second-order valence-electron chi connectivity index (χ2n) is 3.47. The molecule has 2 heterocycles. The molecule has 0 saturated heterocycles. The Morgan fingerprint density at radius 1 is 1.39 bits per heavy atom. The van der Waals surface area contributed by atoms with Gasteiger partial charge < -0.3 is 0 Å². The van der Waals surface area contributed by atoms with Crippen molar-refractivity contribution in [2.45, 2.75) is 0 Å². The molecule has 0 bridgehead atoms. The van der Waals surface area contributed by atoms with Crippen molar-refractivity contribution >= 4 is 27.3 Å². The lowest BCUT2D eigenvalue weighted by atomic mass is 10.4. The Labute approximate surface area is 110 Å². The first-order valence-corrected chi connectivity index (χ1v) is 7.32. The molecule has 96 valence electrons. The lowest BCUT2D eigenvalue weighted by Gasteiger charge is -2.06. The molecule has 2 aromatic rings. The first kappa shape index (κ1) is 12.8. The molecule has 2 aromatic heterocycles. The lowest BCUT2D eigenvalue weighted by Crippen LogP contribution is -2.17. The second-order valence-corrected chi connectivity index (χ2v) is 5.69. The van der Waals surface area contributed by atoms with Crippen LogP contribution in [-0.2, 0) is 10.0 Å². The normalized spacial score (nSPS) is 11.4. The van der Waals surface area contributed by atoms with E-state index in [-0.39, 0.29) is 11.6 Å². The summed E-state index contributed by atoms with van der Waals surface area (Å²) in [5.41, 5.74) is 0.399. The standard InChI is InChI=1S/C10H11ClN4O2S/c11-4-7-18(16,17)14-9-2-3-10(12-8-9)15-6-1-5-13-15/h1-3,5-6,8,14H,4,7H2. The predicted octanol–water partition coefficient (Wildman–Crippen LogP) is 1.25. The van der Waals surface area contributed by atoms with Gasteiger partial charge in [0.1, 0.15) is 0 Å². The molecule has 0 aliphatic carbocycles. The van der Waals surface area contributed by atoms with E-state index in [0.29, 0.717) is 11.5 Å². The molecular weight excluding hydrogens is 276 g/mol. The van der Waals surface area contributed by atoms with Crippen molar-refractivity contribution < 1.29 is 8.42 Å². The zero-order valence-corrected chi connectivity index (χ0v) is 10.9. The molecule has 0 unspecified atom stereocenters.